The molecule has 1 N–H and O–H groups in total. The molecule has 0 aromatic heterocycles. The van der Waals surface area contributed by atoms with Gasteiger partial charge in [0, 0.05) is 16.1 Å². The maximum absolute atomic E-state index is 14.0. The smallest absolute Gasteiger partial charge is 0.137 e. The van der Waals surface area contributed by atoms with Gasteiger partial charge in [0.1, 0.15) is 17.5 Å². The van der Waals surface area contributed by atoms with Crippen molar-refractivity contribution in [2.45, 2.75) is 12.5 Å². The summed E-state index contributed by atoms with van der Waals surface area (Å²) in [5.74, 6) is -1.69. The third-order valence-electron chi connectivity index (χ3n) is 3.20. The zero-order valence-corrected chi connectivity index (χ0v) is 14.2. The van der Waals surface area contributed by atoms with Crippen LogP contribution in [0.1, 0.15) is 17.2 Å². The number of nitrogens with one attached hydrogen (secondary N) is 1. The Hall–Kier alpha value is -0.850. The zero-order chi connectivity index (χ0) is 15.6. The highest BCUT2D eigenvalue weighted by molar-refractivity contribution is 9.10. The summed E-state index contributed by atoms with van der Waals surface area (Å²) >= 11 is 6.21. The van der Waals surface area contributed by atoms with Crippen LogP contribution in [0.25, 0.3) is 0 Å². The molecule has 0 aliphatic rings. The van der Waals surface area contributed by atoms with Crippen molar-refractivity contribution in [3.8, 4) is 0 Å². The van der Waals surface area contributed by atoms with Crippen molar-refractivity contribution in [2.24, 2.45) is 0 Å². The lowest BCUT2D eigenvalue weighted by atomic mass is 9.98. The van der Waals surface area contributed by atoms with Crippen molar-refractivity contribution in [2.75, 3.05) is 7.05 Å². The molecule has 2 rings (SSSR count). The van der Waals surface area contributed by atoms with Crippen molar-refractivity contribution >= 4 is 31.9 Å². The Morgan fingerprint density at radius 1 is 1.05 bits per heavy atom. The third-order valence-corrected chi connectivity index (χ3v) is 4.54. The summed E-state index contributed by atoms with van der Waals surface area (Å²) in [6.07, 6.45) is 0.254. The van der Waals surface area contributed by atoms with E-state index >= 15 is 0 Å². The molecule has 21 heavy (non-hydrogen) atoms. The highest BCUT2D eigenvalue weighted by Gasteiger charge is 2.21. The molecule has 1 unspecified atom stereocenters. The molecule has 0 saturated heterocycles. The van der Waals surface area contributed by atoms with Crippen LogP contribution in [0, 0.1) is 17.5 Å². The highest BCUT2D eigenvalue weighted by Crippen LogP contribution is 2.30. The van der Waals surface area contributed by atoms with Crippen LogP contribution in [0.15, 0.2) is 39.3 Å². The van der Waals surface area contributed by atoms with Gasteiger partial charge in [-0.15, -0.1) is 0 Å². The second kappa shape index (κ2) is 6.94. The molecule has 0 bridgehead atoms. The number of benzene rings is 2. The van der Waals surface area contributed by atoms with E-state index in [0.717, 1.165) is 0 Å². The second-order valence-corrected chi connectivity index (χ2v) is 6.25. The summed E-state index contributed by atoms with van der Waals surface area (Å²) in [6, 6.07) is 6.43. The van der Waals surface area contributed by atoms with Crippen LogP contribution < -0.4 is 5.32 Å². The number of hydrogen-bond donors (Lipinski definition) is 1. The van der Waals surface area contributed by atoms with Gasteiger partial charge in [-0.1, -0.05) is 28.1 Å². The molecular weight excluding hydrogens is 411 g/mol. The van der Waals surface area contributed by atoms with Gasteiger partial charge in [-0.05, 0) is 53.2 Å². The molecule has 0 fully saturated rings. The lowest BCUT2D eigenvalue weighted by Crippen LogP contribution is -2.22. The molecule has 2 aromatic carbocycles. The highest BCUT2D eigenvalue weighted by atomic mass is 79.9. The Balaban J connectivity index is 2.39. The first-order valence-electron chi connectivity index (χ1n) is 6.18. The van der Waals surface area contributed by atoms with Gasteiger partial charge in [-0.3, -0.25) is 0 Å². The topological polar surface area (TPSA) is 12.0 Å². The lowest BCUT2D eigenvalue weighted by Gasteiger charge is -2.19. The molecule has 0 aliphatic heterocycles. The summed E-state index contributed by atoms with van der Waals surface area (Å²) in [5.41, 5.74) is 0.577. The van der Waals surface area contributed by atoms with Crippen LogP contribution in [0.5, 0.6) is 0 Å². The Labute approximate surface area is 137 Å². The number of halogens is 5. The van der Waals surface area contributed by atoms with E-state index in [1.54, 1.807) is 19.2 Å². The quantitative estimate of drug-likeness (QED) is 0.719. The van der Waals surface area contributed by atoms with E-state index in [0.29, 0.717) is 14.5 Å². The Bertz CT molecular complexity index is 638. The molecule has 2 aromatic rings. The molecule has 6 heteroatoms. The average molecular weight is 423 g/mol. The molecule has 0 spiro atoms. The number of likely N-dealkylation sites (N-methyl/N-ethyl adjacent to an activating group) is 1. The summed E-state index contributed by atoms with van der Waals surface area (Å²) in [6.45, 7) is 0. The SMILES string of the molecule is CNC(Cc1cccc(F)c1Br)c1c(F)cc(Br)cc1F. The summed E-state index contributed by atoms with van der Waals surface area (Å²) < 4.78 is 42.2. The van der Waals surface area contributed by atoms with Crippen molar-refractivity contribution in [3.63, 3.8) is 0 Å². The second-order valence-electron chi connectivity index (χ2n) is 4.54. The Morgan fingerprint density at radius 2 is 1.67 bits per heavy atom. The van der Waals surface area contributed by atoms with Crippen molar-refractivity contribution < 1.29 is 13.2 Å². The molecular formula is C15H12Br2F3N. The van der Waals surface area contributed by atoms with E-state index in [9.17, 15) is 13.2 Å². The summed E-state index contributed by atoms with van der Waals surface area (Å²) in [4.78, 5) is 0. The van der Waals surface area contributed by atoms with Crippen LogP contribution in [0.2, 0.25) is 0 Å². The van der Waals surface area contributed by atoms with Gasteiger partial charge in [-0.25, -0.2) is 13.2 Å². The lowest BCUT2D eigenvalue weighted by molar-refractivity contribution is 0.487. The van der Waals surface area contributed by atoms with Crippen LogP contribution in [-0.2, 0) is 6.42 Å². The molecule has 1 atom stereocenters. The average Bonchev–Trinajstić information content (AvgIpc) is 2.41. The minimum absolute atomic E-state index is 0.0585. The first kappa shape index (κ1) is 16.5. The van der Waals surface area contributed by atoms with E-state index in [-0.39, 0.29) is 12.0 Å². The summed E-state index contributed by atoms with van der Waals surface area (Å²) in [7, 11) is 1.61. The minimum atomic E-state index is -0.645. The molecule has 112 valence electrons. The van der Waals surface area contributed by atoms with Crippen LogP contribution in [0.4, 0.5) is 13.2 Å². The van der Waals surface area contributed by atoms with Crippen LogP contribution in [-0.4, -0.2) is 7.05 Å². The maximum atomic E-state index is 14.0. The van der Waals surface area contributed by atoms with Crippen molar-refractivity contribution in [3.05, 3.63) is 67.9 Å². The molecule has 1 nitrogen and oxygen atoms in total. The van der Waals surface area contributed by atoms with E-state index in [1.807, 2.05) is 0 Å². The first-order valence-corrected chi connectivity index (χ1v) is 7.77. The third kappa shape index (κ3) is 3.67. The maximum Gasteiger partial charge on any atom is 0.137 e. The van der Waals surface area contributed by atoms with Crippen molar-refractivity contribution in [1.29, 1.82) is 0 Å². The van der Waals surface area contributed by atoms with Gasteiger partial charge < -0.3 is 5.32 Å². The Morgan fingerprint density at radius 3 is 2.24 bits per heavy atom. The number of hydrogen-bond acceptors (Lipinski definition) is 1. The summed E-state index contributed by atoms with van der Waals surface area (Å²) in [5, 5.41) is 2.88. The molecule has 0 aliphatic carbocycles. The largest absolute Gasteiger partial charge is 0.313 e. The van der Waals surface area contributed by atoms with Crippen LogP contribution in [0.3, 0.4) is 0 Å². The molecule has 0 radical (unpaired) electrons. The minimum Gasteiger partial charge on any atom is -0.313 e. The normalized spacial score (nSPS) is 12.5. The monoisotopic (exact) mass is 421 g/mol. The van der Waals surface area contributed by atoms with Gasteiger partial charge >= 0.3 is 0 Å². The van der Waals surface area contributed by atoms with Gasteiger partial charge in [0.05, 0.1) is 4.47 Å². The fourth-order valence-corrected chi connectivity index (χ4v) is 2.99. The van der Waals surface area contributed by atoms with E-state index in [4.69, 9.17) is 0 Å². The molecule has 0 saturated carbocycles. The Kier molecular flexibility index (Phi) is 5.46. The number of rotatable bonds is 4. The zero-order valence-electron chi connectivity index (χ0n) is 11.1. The van der Waals surface area contributed by atoms with Gasteiger partial charge in [0.2, 0.25) is 0 Å². The first-order chi connectivity index (χ1) is 9.93. The fourth-order valence-electron chi connectivity index (χ4n) is 2.16. The van der Waals surface area contributed by atoms with Gasteiger partial charge in [-0.2, -0.15) is 0 Å². The van der Waals surface area contributed by atoms with Gasteiger partial charge in [0.15, 0.2) is 0 Å². The van der Waals surface area contributed by atoms with Crippen molar-refractivity contribution in [1.82, 2.24) is 5.32 Å². The van der Waals surface area contributed by atoms with E-state index < -0.39 is 23.5 Å². The van der Waals surface area contributed by atoms with E-state index in [2.05, 4.69) is 37.2 Å². The van der Waals surface area contributed by atoms with E-state index in [1.165, 1.54) is 18.2 Å². The molecule has 0 heterocycles. The predicted molar refractivity (Wildman–Crippen MR) is 83.7 cm³/mol. The van der Waals surface area contributed by atoms with Crippen LogP contribution >= 0.6 is 31.9 Å². The predicted octanol–water partition coefficient (Wildman–Crippen LogP) is 5.13. The molecule has 0 amide bonds. The standard InChI is InChI=1S/C15H12Br2F3N/c1-21-13(5-8-3-2-4-10(18)15(8)17)14-11(19)6-9(16)7-12(14)20/h2-4,6-7,13,21H,5H2,1H3. The van der Waals surface area contributed by atoms with Gasteiger partial charge in [0.25, 0.3) is 0 Å². The fraction of sp³-hybridized carbons (Fsp3) is 0.200.